The molecule has 1 aromatic carbocycles. The van der Waals surface area contributed by atoms with Crippen molar-refractivity contribution in [2.45, 2.75) is 46.3 Å². The van der Waals surface area contributed by atoms with Gasteiger partial charge in [-0.15, -0.1) is 0 Å². The zero-order chi connectivity index (χ0) is 17.6. The Morgan fingerprint density at radius 1 is 1.26 bits per heavy atom. The highest BCUT2D eigenvalue weighted by Gasteiger charge is 2.29. The fraction of sp³-hybridized carbons (Fsp3) is 0.471. The molecule has 0 saturated heterocycles. The number of rotatable bonds is 4. The van der Waals surface area contributed by atoms with Gasteiger partial charge in [-0.2, -0.15) is 5.26 Å². The molecule has 6 heteroatoms. The van der Waals surface area contributed by atoms with Crippen LogP contribution in [0.3, 0.4) is 0 Å². The molecule has 1 rings (SSSR count). The molecule has 6 nitrogen and oxygen atoms in total. The Morgan fingerprint density at radius 2 is 1.91 bits per heavy atom. The van der Waals surface area contributed by atoms with Gasteiger partial charge in [-0.1, -0.05) is 19.9 Å². The second kappa shape index (κ2) is 7.63. The van der Waals surface area contributed by atoms with Crippen LogP contribution in [0.4, 0.5) is 10.5 Å². The van der Waals surface area contributed by atoms with Crippen LogP contribution in [-0.4, -0.2) is 23.6 Å². The van der Waals surface area contributed by atoms with Crippen LogP contribution in [0.5, 0.6) is 0 Å². The first-order valence-corrected chi connectivity index (χ1v) is 7.43. The van der Waals surface area contributed by atoms with Gasteiger partial charge in [0.2, 0.25) is 0 Å². The van der Waals surface area contributed by atoms with Gasteiger partial charge in [0.1, 0.15) is 11.6 Å². The van der Waals surface area contributed by atoms with Crippen LogP contribution in [-0.2, 0) is 9.53 Å². The Bertz CT molecular complexity index is 612. The number of carbonyl (C=O) groups is 2. The molecule has 0 aliphatic rings. The van der Waals surface area contributed by atoms with Crippen molar-refractivity contribution < 1.29 is 14.3 Å². The molecule has 2 N–H and O–H groups in total. The molecule has 124 valence electrons. The van der Waals surface area contributed by atoms with Crippen molar-refractivity contribution in [2.24, 2.45) is 5.92 Å². The van der Waals surface area contributed by atoms with Crippen LogP contribution in [0.15, 0.2) is 24.3 Å². The van der Waals surface area contributed by atoms with Crippen LogP contribution in [0, 0.1) is 17.2 Å². The molecule has 2 amide bonds. The SMILES string of the molecule is CC(C)[C@H](NC(=O)Nc1cccc(C#N)c1)C(=O)OC(C)(C)C. The minimum absolute atomic E-state index is 0.124. The van der Waals surface area contributed by atoms with Crippen LogP contribution in [0.25, 0.3) is 0 Å². The Hall–Kier alpha value is -2.55. The van der Waals surface area contributed by atoms with Crippen molar-refractivity contribution in [3.8, 4) is 6.07 Å². The summed E-state index contributed by atoms with van der Waals surface area (Å²) < 4.78 is 5.32. The number of ether oxygens (including phenoxy) is 1. The molecule has 1 aromatic rings. The lowest BCUT2D eigenvalue weighted by molar-refractivity contribution is -0.158. The molecule has 0 unspecified atom stereocenters. The number of nitriles is 1. The number of anilines is 1. The zero-order valence-corrected chi connectivity index (χ0v) is 14.1. The van der Waals surface area contributed by atoms with E-state index in [1.54, 1.807) is 45.0 Å². The Kier molecular flexibility index (Phi) is 6.14. The van der Waals surface area contributed by atoms with Gasteiger partial charge in [0.25, 0.3) is 0 Å². The van der Waals surface area contributed by atoms with Crippen LogP contribution in [0.2, 0.25) is 0 Å². The second-order valence-corrected chi connectivity index (χ2v) is 6.55. The van der Waals surface area contributed by atoms with E-state index in [1.165, 1.54) is 0 Å². The molecule has 0 saturated carbocycles. The Morgan fingerprint density at radius 3 is 2.43 bits per heavy atom. The van der Waals surface area contributed by atoms with Crippen molar-refractivity contribution in [2.75, 3.05) is 5.32 Å². The summed E-state index contributed by atoms with van der Waals surface area (Å²) in [6.07, 6.45) is 0. The molecule has 0 aliphatic heterocycles. The number of esters is 1. The lowest BCUT2D eigenvalue weighted by atomic mass is 10.0. The van der Waals surface area contributed by atoms with Gasteiger partial charge < -0.3 is 15.4 Å². The Labute approximate surface area is 136 Å². The highest BCUT2D eigenvalue weighted by atomic mass is 16.6. The van der Waals surface area contributed by atoms with Crippen molar-refractivity contribution in [1.29, 1.82) is 5.26 Å². The van der Waals surface area contributed by atoms with Gasteiger partial charge in [0.15, 0.2) is 0 Å². The number of nitrogens with zero attached hydrogens (tertiary/aromatic N) is 1. The zero-order valence-electron chi connectivity index (χ0n) is 14.1. The highest BCUT2D eigenvalue weighted by Crippen LogP contribution is 2.13. The predicted molar refractivity (Wildman–Crippen MR) is 87.8 cm³/mol. The number of nitrogens with one attached hydrogen (secondary N) is 2. The van der Waals surface area contributed by atoms with E-state index in [1.807, 2.05) is 19.9 Å². The van der Waals surface area contributed by atoms with Gasteiger partial charge in [-0.3, -0.25) is 0 Å². The van der Waals surface area contributed by atoms with Crippen molar-refractivity contribution >= 4 is 17.7 Å². The summed E-state index contributed by atoms with van der Waals surface area (Å²) in [5.41, 5.74) is 0.298. The van der Waals surface area contributed by atoms with Gasteiger partial charge in [0, 0.05) is 5.69 Å². The first-order valence-electron chi connectivity index (χ1n) is 7.43. The molecule has 23 heavy (non-hydrogen) atoms. The fourth-order valence-corrected chi connectivity index (χ4v) is 1.84. The summed E-state index contributed by atoms with van der Waals surface area (Å²) in [4.78, 5) is 24.3. The third kappa shape index (κ3) is 6.39. The summed E-state index contributed by atoms with van der Waals surface area (Å²) in [5, 5.41) is 14.1. The van der Waals surface area contributed by atoms with Gasteiger partial charge in [-0.05, 0) is 44.9 Å². The number of benzene rings is 1. The highest BCUT2D eigenvalue weighted by molar-refractivity contribution is 5.92. The Balaban J connectivity index is 2.75. The summed E-state index contributed by atoms with van der Waals surface area (Å²) in [7, 11) is 0. The van der Waals surface area contributed by atoms with Gasteiger partial charge in [-0.25, -0.2) is 9.59 Å². The molecular weight excluding hydrogens is 294 g/mol. The molecule has 0 spiro atoms. The molecule has 1 atom stereocenters. The summed E-state index contributed by atoms with van der Waals surface area (Å²) in [5.74, 6) is -0.602. The molecule has 0 fully saturated rings. The van der Waals surface area contributed by atoms with Gasteiger partial charge >= 0.3 is 12.0 Å². The molecule has 0 aromatic heterocycles. The maximum atomic E-state index is 12.2. The third-order valence-electron chi connectivity index (χ3n) is 2.86. The maximum absolute atomic E-state index is 12.2. The van der Waals surface area contributed by atoms with E-state index >= 15 is 0 Å². The molecule has 0 radical (unpaired) electrons. The fourth-order valence-electron chi connectivity index (χ4n) is 1.84. The van der Waals surface area contributed by atoms with E-state index in [-0.39, 0.29) is 5.92 Å². The van der Waals surface area contributed by atoms with E-state index in [4.69, 9.17) is 10.00 Å². The smallest absolute Gasteiger partial charge is 0.329 e. The summed E-state index contributed by atoms with van der Waals surface area (Å²) in [6.45, 7) is 8.97. The van der Waals surface area contributed by atoms with E-state index in [2.05, 4.69) is 10.6 Å². The van der Waals surface area contributed by atoms with Crippen LogP contribution in [0.1, 0.15) is 40.2 Å². The van der Waals surface area contributed by atoms with E-state index in [9.17, 15) is 9.59 Å². The molecular formula is C17H23N3O3. The van der Waals surface area contributed by atoms with E-state index in [0.29, 0.717) is 11.3 Å². The van der Waals surface area contributed by atoms with Crippen molar-refractivity contribution in [3.05, 3.63) is 29.8 Å². The largest absolute Gasteiger partial charge is 0.458 e. The molecule has 0 bridgehead atoms. The number of hydrogen-bond acceptors (Lipinski definition) is 4. The number of carbonyl (C=O) groups excluding carboxylic acids is 2. The second-order valence-electron chi connectivity index (χ2n) is 6.55. The number of urea groups is 1. The molecule has 0 heterocycles. The normalized spacial score (nSPS) is 12.2. The molecule has 0 aliphatic carbocycles. The number of amides is 2. The standard InChI is InChI=1S/C17H23N3O3/c1-11(2)14(15(21)23-17(3,4)5)20-16(22)19-13-8-6-7-12(9-13)10-18/h6-9,11,14H,1-5H3,(H2,19,20,22)/t14-/m0/s1. The van der Waals surface area contributed by atoms with Crippen molar-refractivity contribution in [1.82, 2.24) is 5.32 Å². The summed E-state index contributed by atoms with van der Waals surface area (Å²) in [6, 6.07) is 7.24. The first-order chi connectivity index (χ1) is 10.6. The first kappa shape index (κ1) is 18.5. The lowest BCUT2D eigenvalue weighted by Crippen LogP contribution is -2.48. The maximum Gasteiger partial charge on any atom is 0.329 e. The van der Waals surface area contributed by atoms with Gasteiger partial charge in [0.05, 0.1) is 11.6 Å². The van der Waals surface area contributed by atoms with Crippen molar-refractivity contribution in [3.63, 3.8) is 0 Å². The predicted octanol–water partition coefficient (Wildman–Crippen LogP) is 3.05. The topological polar surface area (TPSA) is 91.2 Å². The van der Waals surface area contributed by atoms with E-state index < -0.39 is 23.6 Å². The average molecular weight is 317 g/mol. The van der Waals surface area contributed by atoms with Crippen LogP contribution >= 0.6 is 0 Å². The number of hydrogen-bond donors (Lipinski definition) is 2. The summed E-state index contributed by atoms with van der Waals surface area (Å²) >= 11 is 0. The van der Waals surface area contributed by atoms with Crippen LogP contribution < -0.4 is 10.6 Å². The average Bonchev–Trinajstić information content (AvgIpc) is 2.42. The third-order valence-corrected chi connectivity index (χ3v) is 2.86. The quantitative estimate of drug-likeness (QED) is 0.835. The minimum Gasteiger partial charge on any atom is -0.458 e. The minimum atomic E-state index is -0.756. The lowest BCUT2D eigenvalue weighted by Gasteiger charge is -2.26. The monoisotopic (exact) mass is 317 g/mol. The van der Waals surface area contributed by atoms with E-state index in [0.717, 1.165) is 0 Å².